The minimum Gasteiger partial charge on any atom is -0.377 e. The fraction of sp³-hybridized carbons (Fsp3) is 0.727. The van der Waals surface area contributed by atoms with E-state index in [1.807, 2.05) is 16.4 Å². The second-order valence-corrected chi connectivity index (χ2v) is 4.27. The lowest BCUT2D eigenvalue weighted by molar-refractivity contribution is -0.137. The smallest absolute Gasteiger partial charge is 0.245 e. The Hall–Kier alpha value is -1.43. The molecule has 1 aliphatic rings. The molecule has 94 valence electrons. The summed E-state index contributed by atoms with van der Waals surface area (Å²) >= 11 is 0. The molecule has 1 aliphatic heterocycles. The molecule has 6 heteroatoms. The summed E-state index contributed by atoms with van der Waals surface area (Å²) in [5.41, 5.74) is 0. The van der Waals surface area contributed by atoms with Crippen LogP contribution in [0.4, 0.5) is 0 Å². The lowest BCUT2D eigenvalue weighted by Gasteiger charge is -2.31. The van der Waals surface area contributed by atoms with Crippen molar-refractivity contribution in [3.05, 3.63) is 11.6 Å². The highest BCUT2D eigenvalue weighted by molar-refractivity contribution is 5.81. The molecule has 0 fully saturated rings. The highest BCUT2D eigenvalue weighted by Crippen LogP contribution is 2.22. The number of rotatable bonds is 4. The summed E-state index contributed by atoms with van der Waals surface area (Å²) in [6.07, 6.45) is 0.956. The van der Waals surface area contributed by atoms with Gasteiger partial charge in [-0.2, -0.15) is 0 Å². The first kappa shape index (κ1) is 12.0. The molecule has 1 atom stereocenters. The Labute approximate surface area is 101 Å². The molecule has 1 amide bonds. The molecule has 2 rings (SSSR count). The SMILES string of the molecule is CCCN1Cc2nnc(COC)n2[C@@H](C)C1=O. The Bertz CT molecular complexity index is 416. The summed E-state index contributed by atoms with van der Waals surface area (Å²) in [4.78, 5) is 14.0. The molecule has 1 aromatic rings. The monoisotopic (exact) mass is 238 g/mol. The van der Waals surface area contributed by atoms with Crippen molar-refractivity contribution in [1.82, 2.24) is 19.7 Å². The van der Waals surface area contributed by atoms with Crippen LogP contribution in [0.5, 0.6) is 0 Å². The molecule has 2 heterocycles. The van der Waals surface area contributed by atoms with Crippen LogP contribution >= 0.6 is 0 Å². The van der Waals surface area contributed by atoms with E-state index in [0.29, 0.717) is 13.2 Å². The van der Waals surface area contributed by atoms with Crippen molar-refractivity contribution in [1.29, 1.82) is 0 Å². The molecule has 0 saturated carbocycles. The minimum absolute atomic E-state index is 0.136. The van der Waals surface area contributed by atoms with Crippen LogP contribution in [0.1, 0.15) is 38.0 Å². The van der Waals surface area contributed by atoms with Crippen molar-refractivity contribution in [2.45, 2.75) is 39.5 Å². The largest absolute Gasteiger partial charge is 0.377 e. The van der Waals surface area contributed by atoms with E-state index < -0.39 is 0 Å². The van der Waals surface area contributed by atoms with Gasteiger partial charge in [0, 0.05) is 13.7 Å². The zero-order chi connectivity index (χ0) is 12.4. The number of carbonyl (C=O) groups excluding carboxylic acids is 1. The number of nitrogens with zero attached hydrogens (tertiary/aromatic N) is 4. The molecule has 0 unspecified atom stereocenters. The second-order valence-electron chi connectivity index (χ2n) is 4.27. The van der Waals surface area contributed by atoms with E-state index >= 15 is 0 Å². The topological polar surface area (TPSA) is 60.2 Å². The zero-order valence-corrected chi connectivity index (χ0v) is 10.5. The fourth-order valence-corrected chi connectivity index (χ4v) is 2.23. The quantitative estimate of drug-likeness (QED) is 0.776. The summed E-state index contributed by atoms with van der Waals surface area (Å²) in [5.74, 6) is 1.70. The lowest BCUT2D eigenvalue weighted by Crippen LogP contribution is -2.42. The third-order valence-corrected chi connectivity index (χ3v) is 2.99. The number of aromatic nitrogens is 3. The van der Waals surface area contributed by atoms with Crippen LogP contribution in [0.25, 0.3) is 0 Å². The fourth-order valence-electron chi connectivity index (χ4n) is 2.23. The minimum atomic E-state index is -0.231. The maximum absolute atomic E-state index is 12.1. The molecule has 0 spiro atoms. The van der Waals surface area contributed by atoms with Gasteiger partial charge in [0.2, 0.25) is 5.91 Å². The molecular weight excluding hydrogens is 220 g/mol. The van der Waals surface area contributed by atoms with Gasteiger partial charge in [0.1, 0.15) is 12.6 Å². The van der Waals surface area contributed by atoms with Gasteiger partial charge >= 0.3 is 0 Å². The standard InChI is InChI=1S/C11H18N4O2/c1-4-5-14-6-9-12-13-10(7-17-3)15(9)8(2)11(14)16/h8H,4-7H2,1-3H3/t8-/m0/s1. The molecule has 6 nitrogen and oxygen atoms in total. The van der Waals surface area contributed by atoms with Gasteiger partial charge in [-0.3, -0.25) is 9.36 Å². The predicted molar refractivity (Wildman–Crippen MR) is 61.2 cm³/mol. The number of ether oxygens (including phenoxy) is 1. The third kappa shape index (κ3) is 2.04. The van der Waals surface area contributed by atoms with E-state index in [2.05, 4.69) is 17.1 Å². The average molecular weight is 238 g/mol. The highest BCUT2D eigenvalue weighted by atomic mass is 16.5. The summed E-state index contributed by atoms with van der Waals surface area (Å²) in [6.45, 7) is 5.66. The number of hydrogen-bond acceptors (Lipinski definition) is 4. The van der Waals surface area contributed by atoms with E-state index in [1.165, 1.54) is 0 Å². The lowest BCUT2D eigenvalue weighted by atomic mass is 10.2. The second kappa shape index (κ2) is 4.83. The van der Waals surface area contributed by atoms with Gasteiger partial charge < -0.3 is 9.64 Å². The maximum atomic E-state index is 12.1. The van der Waals surface area contributed by atoms with Crippen LogP contribution in [-0.4, -0.2) is 39.2 Å². The third-order valence-electron chi connectivity index (χ3n) is 2.99. The van der Waals surface area contributed by atoms with E-state index in [0.717, 1.165) is 24.6 Å². The number of fused-ring (bicyclic) bond motifs is 1. The Morgan fingerprint density at radius 3 is 2.88 bits per heavy atom. The number of carbonyl (C=O) groups is 1. The predicted octanol–water partition coefficient (Wildman–Crippen LogP) is 0.738. The first-order valence-corrected chi connectivity index (χ1v) is 5.89. The van der Waals surface area contributed by atoms with Crippen LogP contribution in [-0.2, 0) is 22.7 Å². The van der Waals surface area contributed by atoms with Crippen molar-refractivity contribution in [2.75, 3.05) is 13.7 Å². The molecule has 0 aromatic carbocycles. The van der Waals surface area contributed by atoms with Crippen LogP contribution in [0.15, 0.2) is 0 Å². The summed E-state index contributed by atoms with van der Waals surface area (Å²) in [6, 6.07) is -0.231. The van der Waals surface area contributed by atoms with E-state index in [4.69, 9.17) is 4.74 Å². The Kier molecular flexibility index (Phi) is 3.42. The Morgan fingerprint density at radius 2 is 2.24 bits per heavy atom. The van der Waals surface area contributed by atoms with Crippen molar-refractivity contribution in [3.8, 4) is 0 Å². The van der Waals surface area contributed by atoms with Crippen molar-refractivity contribution in [3.63, 3.8) is 0 Å². The average Bonchev–Trinajstić information content (AvgIpc) is 2.70. The van der Waals surface area contributed by atoms with Crippen molar-refractivity contribution < 1.29 is 9.53 Å². The van der Waals surface area contributed by atoms with Crippen LogP contribution in [0.3, 0.4) is 0 Å². The molecule has 17 heavy (non-hydrogen) atoms. The van der Waals surface area contributed by atoms with Crippen molar-refractivity contribution >= 4 is 5.91 Å². The zero-order valence-electron chi connectivity index (χ0n) is 10.5. The van der Waals surface area contributed by atoms with Crippen LogP contribution < -0.4 is 0 Å². The Balaban J connectivity index is 2.30. The molecule has 0 N–H and O–H groups in total. The van der Waals surface area contributed by atoms with Gasteiger partial charge in [-0.15, -0.1) is 10.2 Å². The van der Waals surface area contributed by atoms with E-state index in [-0.39, 0.29) is 11.9 Å². The molecule has 1 aromatic heterocycles. The van der Waals surface area contributed by atoms with Crippen molar-refractivity contribution in [2.24, 2.45) is 0 Å². The van der Waals surface area contributed by atoms with Gasteiger partial charge in [0.15, 0.2) is 11.6 Å². The molecule has 0 radical (unpaired) electrons. The van der Waals surface area contributed by atoms with Crippen LogP contribution in [0.2, 0.25) is 0 Å². The first-order valence-electron chi connectivity index (χ1n) is 5.89. The maximum Gasteiger partial charge on any atom is 0.245 e. The number of methoxy groups -OCH3 is 1. The van der Waals surface area contributed by atoms with Gasteiger partial charge in [-0.05, 0) is 13.3 Å². The first-order chi connectivity index (χ1) is 8.19. The normalized spacial score (nSPS) is 19.6. The molecule has 0 aliphatic carbocycles. The summed E-state index contributed by atoms with van der Waals surface area (Å²) in [5, 5.41) is 8.21. The van der Waals surface area contributed by atoms with Gasteiger partial charge in [-0.25, -0.2) is 0 Å². The molecule has 0 bridgehead atoms. The van der Waals surface area contributed by atoms with E-state index in [9.17, 15) is 4.79 Å². The van der Waals surface area contributed by atoms with Gasteiger partial charge in [0.25, 0.3) is 0 Å². The van der Waals surface area contributed by atoms with Gasteiger partial charge in [-0.1, -0.05) is 6.92 Å². The summed E-state index contributed by atoms with van der Waals surface area (Å²) < 4.78 is 6.95. The molecule has 0 saturated heterocycles. The van der Waals surface area contributed by atoms with Gasteiger partial charge in [0.05, 0.1) is 6.54 Å². The number of amides is 1. The van der Waals surface area contributed by atoms with E-state index in [1.54, 1.807) is 7.11 Å². The highest BCUT2D eigenvalue weighted by Gasteiger charge is 2.32. The Morgan fingerprint density at radius 1 is 1.47 bits per heavy atom. The molecular formula is C11H18N4O2. The van der Waals surface area contributed by atoms with Crippen LogP contribution in [0, 0.1) is 0 Å². The summed E-state index contributed by atoms with van der Waals surface area (Å²) in [7, 11) is 1.61. The number of hydrogen-bond donors (Lipinski definition) is 0.